The second kappa shape index (κ2) is 4.24. The summed E-state index contributed by atoms with van der Waals surface area (Å²) in [5.41, 5.74) is 6.00. The predicted octanol–water partition coefficient (Wildman–Crippen LogP) is 1.31. The van der Waals surface area contributed by atoms with E-state index >= 15 is 0 Å². The van der Waals surface area contributed by atoms with E-state index < -0.39 is 0 Å². The third-order valence-corrected chi connectivity index (χ3v) is 2.72. The summed E-state index contributed by atoms with van der Waals surface area (Å²) in [7, 11) is 0. The zero-order chi connectivity index (χ0) is 9.14. The van der Waals surface area contributed by atoms with Crippen molar-refractivity contribution < 1.29 is 0 Å². The fourth-order valence-electron chi connectivity index (χ4n) is 1.85. The molecular formula is C10H22N2. The minimum absolute atomic E-state index is 0.400. The number of piperidine rings is 1. The lowest BCUT2D eigenvalue weighted by Gasteiger charge is -2.35. The van der Waals surface area contributed by atoms with E-state index in [-0.39, 0.29) is 0 Å². The van der Waals surface area contributed by atoms with Gasteiger partial charge in [0.25, 0.3) is 0 Å². The van der Waals surface area contributed by atoms with Gasteiger partial charge in [-0.2, -0.15) is 0 Å². The zero-order valence-electron chi connectivity index (χ0n) is 8.59. The van der Waals surface area contributed by atoms with Crippen LogP contribution in [0.15, 0.2) is 0 Å². The largest absolute Gasteiger partial charge is 0.326 e. The Kier molecular flexibility index (Phi) is 3.53. The molecule has 1 aliphatic rings. The molecule has 1 saturated heterocycles. The van der Waals surface area contributed by atoms with Crippen LogP contribution in [0.25, 0.3) is 0 Å². The molecule has 1 fully saturated rings. The van der Waals surface area contributed by atoms with Gasteiger partial charge in [-0.25, -0.2) is 0 Å². The molecule has 1 aliphatic heterocycles. The Labute approximate surface area is 76.1 Å². The van der Waals surface area contributed by atoms with Crippen LogP contribution >= 0.6 is 0 Å². The van der Waals surface area contributed by atoms with Crippen LogP contribution in [0.5, 0.6) is 0 Å². The van der Waals surface area contributed by atoms with Crippen LogP contribution in [-0.2, 0) is 0 Å². The first-order valence-electron chi connectivity index (χ1n) is 5.07. The van der Waals surface area contributed by atoms with Crippen molar-refractivity contribution in [1.29, 1.82) is 0 Å². The van der Waals surface area contributed by atoms with Gasteiger partial charge in [0, 0.05) is 19.1 Å². The Bertz CT molecular complexity index is 134. The summed E-state index contributed by atoms with van der Waals surface area (Å²) in [6, 6.07) is 0.400. The summed E-state index contributed by atoms with van der Waals surface area (Å²) < 4.78 is 0. The van der Waals surface area contributed by atoms with Crippen molar-refractivity contribution in [3.63, 3.8) is 0 Å². The van der Waals surface area contributed by atoms with Crippen molar-refractivity contribution in [2.75, 3.05) is 19.6 Å². The molecule has 0 spiro atoms. The fourth-order valence-corrected chi connectivity index (χ4v) is 1.85. The van der Waals surface area contributed by atoms with Gasteiger partial charge in [-0.15, -0.1) is 0 Å². The highest BCUT2D eigenvalue weighted by Crippen LogP contribution is 2.16. The second-order valence-electron chi connectivity index (χ2n) is 4.58. The second-order valence-corrected chi connectivity index (χ2v) is 4.58. The van der Waals surface area contributed by atoms with Crippen LogP contribution in [0.3, 0.4) is 0 Å². The van der Waals surface area contributed by atoms with E-state index in [4.69, 9.17) is 5.73 Å². The third-order valence-electron chi connectivity index (χ3n) is 2.72. The summed E-state index contributed by atoms with van der Waals surface area (Å²) in [5, 5.41) is 0. The highest BCUT2D eigenvalue weighted by molar-refractivity contribution is 4.80. The first kappa shape index (κ1) is 10.0. The molecule has 1 rings (SSSR count). The van der Waals surface area contributed by atoms with Gasteiger partial charge < -0.3 is 10.6 Å². The lowest BCUT2D eigenvalue weighted by atomic mass is 9.94. The average Bonchev–Trinajstić information content (AvgIpc) is 1.96. The smallest absolute Gasteiger partial charge is 0.0194 e. The lowest BCUT2D eigenvalue weighted by molar-refractivity contribution is 0.154. The molecule has 72 valence electrons. The van der Waals surface area contributed by atoms with E-state index in [9.17, 15) is 0 Å². The van der Waals surface area contributed by atoms with E-state index in [0.29, 0.717) is 12.0 Å². The standard InChI is InChI=1S/C10H22N2/c1-8(2)6-12-5-4-9(3)10(11)7-12/h8-10H,4-7,11H2,1-3H3. The molecule has 0 aliphatic carbocycles. The monoisotopic (exact) mass is 170 g/mol. The van der Waals surface area contributed by atoms with Crippen LogP contribution in [0.2, 0.25) is 0 Å². The minimum Gasteiger partial charge on any atom is -0.326 e. The Morgan fingerprint density at radius 1 is 1.50 bits per heavy atom. The van der Waals surface area contributed by atoms with Crippen LogP contribution in [0.4, 0.5) is 0 Å². The summed E-state index contributed by atoms with van der Waals surface area (Å²) >= 11 is 0. The van der Waals surface area contributed by atoms with Gasteiger partial charge in [-0.05, 0) is 24.8 Å². The van der Waals surface area contributed by atoms with Crippen molar-refractivity contribution >= 4 is 0 Å². The van der Waals surface area contributed by atoms with Crippen LogP contribution in [-0.4, -0.2) is 30.6 Å². The number of hydrogen-bond donors (Lipinski definition) is 1. The molecule has 0 aromatic carbocycles. The first-order valence-corrected chi connectivity index (χ1v) is 5.07. The van der Waals surface area contributed by atoms with E-state index in [2.05, 4.69) is 25.7 Å². The molecule has 0 bridgehead atoms. The third kappa shape index (κ3) is 2.76. The molecule has 12 heavy (non-hydrogen) atoms. The molecule has 0 radical (unpaired) electrons. The normalized spacial score (nSPS) is 32.8. The summed E-state index contributed by atoms with van der Waals surface area (Å²) in [5.74, 6) is 1.49. The highest BCUT2D eigenvalue weighted by Gasteiger charge is 2.22. The van der Waals surface area contributed by atoms with Crippen molar-refractivity contribution in [3.8, 4) is 0 Å². The average molecular weight is 170 g/mol. The number of hydrogen-bond acceptors (Lipinski definition) is 2. The molecule has 0 aromatic heterocycles. The molecule has 1 heterocycles. The quantitative estimate of drug-likeness (QED) is 0.677. The molecule has 0 saturated carbocycles. The highest BCUT2D eigenvalue weighted by atomic mass is 15.1. The molecule has 2 atom stereocenters. The molecule has 0 amide bonds. The maximum Gasteiger partial charge on any atom is 0.0194 e. The van der Waals surface area contributed by atoms with Gasteiger partial charge >= 0.3 is 0 Å². The fraction of sp³-hybridized carbons (Fsp3) is 1.00. The molecule has 0 aromatic rings. The number of nitrogens with zero attached hydrogens (tertiary/aromatic N) is 1. The van der Waals surface area contributed by atoms with Crippen molar-refractivity contribution in [3.05, 3.63) is 0 Å². The molecule has 2 N–H and O–H groups in total. The Balaban J connectivity index is 2.30. The van der Waals surface area contributed by atoms with Gasteiger partial charge in [0.2, 0.25) is 0 Å². The summed E-state index contributed by atoms with van der Waals surface area (Å²) in [4.78, 5) is 2.50. The number of likely N-dealkylation sites (tertiary alicyclic amines) is 1. The zero-order valence-corrected chi connectivity index (χ0v) is 8.59. The van der Waals surface area contributed by atoms with E-state index in [1.165, 1.54) is 19.5 Å². The molecule has 2 unspecified atom stereocenters. The van der Waals surface area contributed by atoms with Gasteiger partial charge in [-0.3, -0.25) is 0 Å². The maximum atomic E-state index is 6.00. The van der Waals surface area contributed by atoms with Crippen LogP contribution in [0.1, 0.15) is 27.2 Å². The van der Waals surface area contributed by atoms with Gasteiger partial charge in [0.1, 0.15) is 0 Å². The maximum absolute atomic E-state index is 6.00. The predicted molar refractivity (Wildman–Crippen MR) is 53.0 cm³/mol. The number of nitrogens with two attached hydrogens (primary N) is 1. The van der Waals surface area contributed by atoms with Crippen LogP contribution < -0.4 is 5.73 Å². The summed E-state index contributed by atoms with van der Waals surface area (Å²) in [6.07, 6.45) is 1.27. The van der Waals surface area contributed by atoms with Crippen molar-refractivity contribution in [2.45, 2.75) is 33.2 Å². The number of rotatable bonds is 2. The van der Waals surface area contributed by atoms with Crippen molar-refractivity contribution in [2.24, 2.45) is 17.6 Å². The first-order chi connectivity index (χ1) is 5.59. The minimum atomic E-state index is 0.400. The van der Waals surface area contributed by atoms with Gasteiger partial charge in [0.15, 0.2) is 0 Å². The van der Waals surface area contributed by atoms with E-state index in [1.54, 1.807) is 0 Å². The summed E-state index contributed by atoms with van der Waals surface area (Å²) in [6.45, 7) is 10.3. The Morgan fingerprint density at radius 3 is 2.67 bits per heavy atom. The lowest BCUT2D eigenvalue weighted by Crippen LogP contribution is -2.48. The SMILES string of the molecule is CC(C)CN1CCC(C)C(N)C1. The Hall–Kier alpha value is -0.0800. The van der Waals surface area contributed by atoms with E-state index in [1.807, 2.05) is 0 Å². The molecular weight excluding hydrogens is 148 g/mol. The van der Waals surface area contributed by atoms with Gasteiger partial charge in [-0.1, -0.05) is 20.8 Å². The topological polar surface area (TPSA) is 29.3 Å². The van der Waals surface area contributed by atoms with E-state index in [0.717, 1.165) is 12.5 Å². The molecule has 2 heteroatoms. The van der Waals surface area contributed by atoms with Crippen LogP contribution in [0, 0.1) is 11.8 Å². The van der Waals surface area contributed by atoms with Crippen molar-refractivity contribution in [1.82, 2.24) is 4.90 Å². The Morgan fingerprint density at radius 2 is 2.17 bits per heavy atom. The van der Waals surface area contributed by atoms with Gasteiger partial charge in [0.05, 0.1) is 0 Å². The molecule has 2 nitrogen and oxygen atoms in total.